The number of ether oxygens (including phenoxy) is 1. The molecular weight excluding hydrogens is 436 g/mol. The lowest BCUT2D eigenvalue weighted by Gasteiger charge is -2.44. The molecule has 0 bridgehead atoms. The summed E-state index contributed by atoms with van der Waals surface area (Å²) in [7, 11) is -2.46. The van der Waals surface area contributed by atoms with Gasteiger partial charge in [0.25, 0.3) is 8.32 Å². The van der Waals surface area contributed by atoms with Crippen molar-refractivity contribution >= 4 is 24.7 Å². The van der Waals surface area contributed by atoms with Crippen LogP contribution in [0.1, 0.15) is 80.1 Å². The van der Waals surface area contributed by atoms with Gasteiger partial charge in [0.1, 0.15) is 5.60 Å². The third-order valence-electron chi connectivity index (χ3n) is 7.10. The fraction of sp³-hybridized carbons (Fsp3) is 0.567. The van der Waals surface area contributed by atoms with E-state index in [1.165, 1.54) is 36.1 Å². The first-order valence-corrected chi connectivity index (χ1v) is 14.9. The second-order valence-corrected chi connectivity index (χ2v) is 16.3. The Kier molecular flexibility index (Phi) is 8.80. The van der Waals surface area contributed by atoms with Crippen LogP contribution in [0.3, 0.4) is 0 Å². The van der Waals surface area contributed by atoms with Crippen molar-refractivity contribution < 1.29 is 14.0 Å². The number of hydrogen-bond acceptors (Lipinski definition) is 3. The first-order valence-electron chi connectivity index (χ1n) is 13.0. The minimum atomic E-state index is -2.46. The van der Waals surface area contributed by atoms with Crippen molar-refractivity contribution in [3.63, 3.8) is 0 Å². The topological polar surface area (TPSA) is 35.5 Å². The van der Waals surface area contributed by atoms with E-state index in [1.807, 2.05) is 20.8 Å². The highest BCUT2D eigenvalue weighted by molar-refractivity contribution is 6.99. The monoisotopic (exact) mass is 480 g/mol. The average Bonchev–Trinajstić information content (AvgIpc) is 2.78. The Bertz CT molecular complexity index is 849. The molecule has 0 saturated heterocycles. The molecule has 3 rings (SSSR count). The molecule has 0 aromatic heterocycles. The highest BCUT2D eigenvalue weighted by Gasteiger charge is 2.50. The molecule has 0 unspecified atom stereocenters. The van der Waals surface area contributed by atoms with Gasteiger partial charge in [0.05, 0.1) is 0 Å². The van der Waals surface area contributed by atoms with E-state index in [-0.39, 0.29) is 11.0 Å². The van der Waals surface area contributed by atoms with Gasteiger partial charge in [0.15, 0.2) is 0 Å². The standard InChI is InChI=1S/C30H44O3Si/c1-29(2,3)33-28(31)22-21-24-17-19-25(20-18-24)23-32-34(30(4,5)6,26-13-9-7-10-14-26)27-15-11-8-12-16-27/h7-16,24-25H,17-23H2,1-6H3. The van der Waals surface area contributed by atoms with Gasteiger partial charge >= 0.3 is 5.97 Å². The van der Waals surface area contributed by atoms with Crippen LogP contribution in [0.2, 0.25) is 5.04 Å². The molecule has 0 atom stereocenters. The molecule has 186 valence electrons. The van der Waals surface area contributed by atoms with E-state index >= 15 is 0 Å². The second-order valence-electron chi connectivity index (χ2n) is 12.0. The molecule has 1 aliphatic rings. The number of rotatable bonds is 8. The predicted octanol–water partition coefficient (Wildman–Crippen LogP) is 6.49. The Labute approximate surface area is 208 Å². The van der Waals surface area contributed by atoms with Crippen LogP contribution in [0.25, 0.3) is 0 Å². The Balaban J connectivity index is 1.66. The summed E-state index contributed by atoms with van der Waals surface area (Å²) in [6.45, 7) is 13.6. The van der Waals surface area contributed by atoms with Crippen molar-refractivity contribution in [3.05, 3.63) is 60.7 Å². The quantitative estimate of drug-likeness (QED) is 0.320. The van der Waals surface area contributed by atoms with Crippen LogP contribution in [0.15, 0.2) is 60.7 Å². The van der Waals surface area contributed by atoms with Gasteiger partial charge < -0.3 is 9.16 Å². The van der Waals surface area contributed by atoms with E-state index in [9.17, 15) is 4.79 Å². The molecule has 0 heterocycles. The number of hydrogen-bond donors (Lipinski definition) is 0. The minimum Gasteiger partial charge on any atom is -0.460 e. The maximum absolute atomic E-state index is 12.1. The Morgan fingerprint density at radius 1 is 0.794 bits per heavy atom. The largest absolute Gasteiger partial charge is 0.460 e. The van der Waals surface area contributed by atoms with Crippen LogP contribution in [0.4, 0.5) is 0 Å². The van der Waals surface area contributed by atoms with Crippen LogP contribution < -0.4 is 10.4 Å². The van der Waals surface area contributed by atoms with Crippen molar-refractivity contribution in [1.82, 2.24) is 0 Å². The lowest BCUT2D eigenvalue weighted by atomic mass is 9.80. The van der Waals surface area contributed by atoms with E-state index in [0.29, 0.717) is 18.3 Å². The van der Waals surface area contributed by atoms with Gasteiger partial charge in [0.2, 0.25) is 0 Å². The van der Waals surface area contributed by atoms with Gasteiger partial charge in [-0.3, -0.25) is 4.79 Å². The summed E-state index contributed by atoms with van der Waals surface area (Å²) >= 11 is 0. The molecule has 1 fully saturated rings. The van der Waals surface area contributed by atoms with Crippen LogP contribution in [-0.4, -0.2) is 26.5 Å². The second kappa shape index (κ2) is 11.2. The molecule has 2 aromatic rings. The Morgan fingerprint density at radius 2 is 1.26 bits per heavy atom. The molecule has 0 spiro atoms. The summed E-state index contributed by atoms with van der Waals surface area (Å²) < 4.78 is 12.6. The fourth-order valence-electron chi connectivity index (χ4n) is 5.41. The number of esters is 1. The zero-order valence-corrected chi connectivity index (χ0v) is 23.1. The van der Waals surface area contributed by atoms with Crippen molar-refractivity contribution in [2.45, 2.75) is 90.7 Å². The van der Waals surface area contributed by atoms with Crippen LogP contribution in [0.5, 0.6) is 0 Å². The average molecular weight is 481 g/mol. The molecule has 34 heavy (non-hydrogen) atoms. The zero-order chi connectivity index (χ0) is 24.8. The van der Waals surface area contributed by atoms with Gasteiger partial charge in [-0.2, -0.15) is 0 Å². The minimum absolute atomic E-state index is 0.0142. The normalized spacial score (nSPS) is 19.6. The SMILES string of the molecule is CC(C)(C)OC(=O)CCC1CCC(CO[Si](c2ccccc2)(c2ccccc2)C(C)(C)C)CC1. The highest BCUT2D eigenvalue weighted by Crippen LogP contribution is 2.38. The Hall–Kier alpha value is -1.91. The summed E-state index contributed by atoms with van der Waals surface area (Å²) in [6.07, 6.45) is 6.19. The first kappa shape index (κ1) is 26.7. The lowest BCUT2D eigenvalue weighted by Crippen LogP contribution is -2.66. The molecule has 1 saturated carbocycles. The van der Waals surface area contributed by atoms with Gasteiger partial charge in [-0.25, -0.2) is 0 Å². The summed E-state index contributed by atoms with van der Waals surface area (Å²) in [5, 5.41) is 2.71. The molecule has 0 aliphatic heterocycles. The summed E-state index contributed by atoms with van der Waals surface area (Å²) in [5.41, 5.74) is -0.396. The fourth-order valence-corrected chi connectivity index (χ4v) is 10.0. The molecule has 0 radical (unpaired) electrons. The Morgan fingerprint density at radius 3 is 1.71 bits per heavy atom. The van der Waals surface area contributed by atoms with E-state index in [2.05, 4.69) is 81.4 Å². The predicted molar refractivity (Wildman–Crippen MR) is 144 cm³/mol. The molecule has 3 nitrogen and oxygen atoms in total. The molecule has 1 aliphatic carbocycles. The molecule has 0 N–H and O–H groups in total. The summed E-state index contributed by atoms with van der Waals surface area (Å²) in [5.74, 6) is 1.14. The van der Waals surface area contributed by atoms with E-state index in [4.69, 9.17) is 9.16 Å². The number of carbonyl (C=O) groups excluding carboxylic acids is 1. The first-order chi connectivity index (χ1) is 16.0. The van der Waals surface area contributed by atoms with E-state index in [0.717, 1.165) is 13.0 Å². The lowest BCUT2D eigenvalue weighted by molar-refractivity contribution is -0.155. The summed E-state index contributed by atoms with van der Waals surface area (Å²) in [4.78, 5) is 12.1. The van der Waals surface area contributed by atoms with Crippen LogP contribution >= 0.6 is 0 Å². The van der Waals surface area contributed by atoms with E-state index in [1.54, 1.807) is 0 Å². The van der Waals surface area contributed by atoms with Crippen molar-refractivity contribution in [1.29, 1.82) is 0 Å². The van der Waals surface area contributed by atoms with Crippen molar-refractivity contribution in [3.8, 4) is 0 Å². The van der Waals surface area contributed by atoms with Gasteiger partial charge in [-0.1, -0.05) is 94.3 Å². The zero-order valence-electron chi connectivity index (χ0n) is 22.1. The van der Waals surface area contributed by atoms with Gasteiger partial charge in [-0.05, 0) is 67.3 Å². The molecule has 4 heteroatoms. The van der Waals surface area contributed by atoms with Crippen molar-refractivity contribution in [2.24, 2.45) is 11.8 Å². The molecule has 2 aromatic carbocycles. The maximum atomic E-state index is 12.1. The third-order valence-corrected chi connectivity index (χ3v) is 12.1. The summed E-state index contributed by atoms with van der Waals surface area (Å²) in [6, 6.07) is 21.8. The number of benzene rings is 2. The van der Waals surface area contributed by atoms with Gasteiger partial charge in [0, 0.05) is 13.0 Å². The smallest absolute Gasteiger partial charge is 0.306 e. The van der Waals surface area contributed by atoms with Gasteiger partial charge in [-0.15, -0.1) is 0 Å². The van der Waals surface area contributed by atoms with E-state index < -0.39 is 13.9 Å². The maximum Gasteiger partial charge on any atom is 0.306 e. The van der Waals surface area contributed by atoms with Crippen LogP contribution in [0, 0.1) is 11.8 Å². The van der Waals surface area contributed by atoms with Crippen molar-refractivity contribution in [2.75, 3.05) is 6.61 Å². The molecular formula is C30H44O3Si. The number of carbonyl (C=O) groups is 1. The highest BCUT2D eigenvalue weighted by atomic mass is 28.4. The third kappa shape index (κ3) is 6.82. The van der Waals surface area contributed by atoms with Crippen LogP contribution in [-0.2, 0) is 14.0 Å². The molecule has 0 amide bonds.